The van der Waals surface area contributed by atoms with Crippen LogP contribution in [-0.4, -0.2) is 46.7 Å². The Balaban J connectivity index is 1.57. The number of aromatic nitrogens is 3. The molecular weight excluding hydrogens is 344 g/mol. The van der Waals surface area contributed by atoms with Crippen molar-refractivity contribution < 1.29 is 9.53 Å². The molecule has 140 valence electrons. The van der Waals surface area contributed by atoms with E-state index in [0.29, 0.717) is 28.7 Å². The van der Waals surface area contributed by atoms with Crippen molar-refractivity contribution in [1.29, 1.82) is 0 Å². The molecule has 1 aliphatic rings. The minimum Gasteiger partial charge on any atom is -0.495 e. The van der Waals surface area contributed by atoms with Gasteiger partial charge in [-0.1, -0.05) is 12.1 Å². The number of hydrogen-bond acceptors (Lipinski definition) is 6. The number of para-hydroxylation sites is 2. The molecule has 0 radical (unpaired) electrons. The summed E-state index contributed by atoms with van der Waals surface area (Å²) < 4.78 is 6.89. The highest BCUT2D eigenvalue weighted by Gasteiger charge is 2.18. The molecule has 3 N–H and O–H groups in total. The van der Waals surface area contributed by atoms with Crippen LogP contribution in [0.1, 0.15) is 23.2 Å². The van der Waals surface area contributed by atoms with Crippen LogP contribution in [0.5, 0.6) is 5.75 Å². The summed E-state index contributed by atoms with van der Waals surface area (Å²) in [7, 11) is 1.57. The van der Waals surface area contributed by atoms with E-state index in [0.717, 1.165) is 31.7 Å². The van der Waals surface area contributed by atoms with E-state index in [1.807, 2.05) is 18.2 Å². The third-order valence-corrected chi connectivity index (χ3v) is 4.62. The number of carbonyl (C=O) groups excluding carboxylic acids is 1. The van der Waals surface area contributed by atoms with E-state index in [1.165, 1.54) is 6.20 Å². The predicted octanol–water partition coefficient (Wildman–Crippen LogP) is 2.15. The Morgan fingerprint density at radius 1 is 1.33 bits per heavy atom. The molecule has 4 rings (SSSR count). The van der Waals surface area contributed by atoms with Crippen molar-refractivity contribution >= 4 is 23.1 Å². The molecule has 1 aliphatic heterocycles. The molecule has 3 aromatic rings. The van der Waals surface area contributed by atoms with Crippen molar-refractivity contribution in [1.82, 2.24) is 19.9 Å². The molecule has 3 heterocycles. The molecule has 1 fully saturated rings. The van der Waals surface area contributed by atoms with Gasteiger partial charge in [0.2, 0.25) is 0 Å². The molecule has 0 aliphatic carbocycles. The van der Waals surface area contributed by atoms with Gasteiger partial charge in [-0.05, 0) is 37.6 Å². The molecule has 1 amide bonds. The van der Waals surface area contributed by atoms with Gasteiger partial charge in [-0.3, -0.25) is 4.79 Å². The van der Waals surface area contributed by atoms with E-state index in [9.17, 15) is 4.79 Å². The lowest BCUT2D eigenvalue weighted by atomic mass is 10.1. The number of rotatable bonds is 5. The van der Waals surface area contributed by atoms with Gasteiger partial charge in [-0.15, -0.1) is 0 Å². The van der Waals surface area contributed by atoms with Gasteiger partial charge in [0.05, 0.1) is 19.0 Å². The van der Waals surface area contributed by atoms with Crippen molar-refractivity contribution in [2.24, 2.45) is 0 Å². The highest BCUT2D eigenvalue weighted by Crippen LogP contribution is 2.24. The topological polar surface area (TPSA) is 92.6 Å². The number of piperidine rings is 1. The van der Waals surface area contributed by atoms with Crippen LogP contribution in [0.2, 0.25) is 0 Å². The summed E-state index contributed by atoms with van der Waals surface area (Å²) in [6.45, 7) is 1.97. The smallest absolute Gasteiger partial charge is 0.261 e. The number of nitrogens with one attached hydrogen (secondary N) is 3. The van der Waals surface area contributed by atoms with E-state index >= 15 is 0 Å². The standard InChI is InChI=1S/C19H22N6O2/c1-27-16-7-3-2-6-15(16)23-19(26)14-12-21-25-10-8-17(24-18(14)25)22-13-5-4-9-20-11-13/h2-3,6-8,10,12-13,20H,4-5,9,11H2,1H3,(H,22,24)(H,23,26)/t13-/m1/s1. The Labute approximate surface area is 156 Å². The molecule has 2 aromatic heterocycles. The highest BCUT2D eigenvalue weighted by atomic mass is 16.5. The van der Waals surface area contributed by atoms with Crippen LogP contribution >= 0.6 is 0 Å². The highest BCUT2D eigenvalue weighted by molar-refractivity contribution is 6.08. The zero-order valence-corrected chi connectivity index (χ0v) is 15.1. The number of methoxy groups -OCH3 is 1. The normalized spacial score (nSPS) is 16.9. The quantitative estimate of drug-likeness (QED) is 0.641. The molecule has 1 atom stereocenters. The first kappa shape index (κ1) is 17.3. The molecule has 27 heavy (non-hydrogen) atoms. The maximum atomic E-state index is 12.8. The molecule has 0 saturated carbocycles. The maximum absolute atomic E-state index is 12.8. The Morgan fingerprint density at radius 2 is 2.22 bits per heavy atom. The van der Waals surface area contributed by atoms with Gasteiger partial charge < -0.3 is 20.7 Å². The molecule has 1 aromatic carbocycles. The number of fused-ring (bicyclic) bond motifs is 1. The molecule has 8 nitrogen and oxygen atoms in total. The van der Waals surface area contributed by atoms with E-state index in [1.54, 1.807) is 30.0 Å². The van der Waals surface area contributed by atoms with Crippen LogP contribution in [0.25, 0.3) is 5.65 Å². The SMILES string of the molecule is COc1ccccc1NC(=O)c1cnn2ccc(N[C@@H]3CCCNC3)nc12. The molecule has 0 spiro atoms. The fraction of sp³-hybridized carbons (Fsp3) is 0.316. The molecule has 1 saturated heterocycles. The third kappa shape index (κ3) is 3.70. The minimum absolute atomic E-state index is 0.279. The summed E-state index contributed by atoms with van der Waals surface area (Å²) in [4.78, 5) is 17.4. The number of nitrogens with zero attached hydrogens (tertiary/aromatic N) is 3. The summed E-state index contributed by atoms with van der Waals surface area (Å²) in [5.74, 6) is 1.06. The average Bonchev–Trinajstić information content (AvgIpc) is 3.12. The van der Waals surface area contributed by atoms with Gasteiger partial charge >= 0.3 is 0 Å². The lowest BCUT2D eigenvalue weighted by Gasteiger charge is -2.24. The largest absolute Gasteiger partial charge is 0.495 e. The lowest BCUT2D eigenvalue weighted by molar-refractivity contribution is 0.102. The molecule has 0 unspecified atom stereocenters. The van der Waals surface area contributed by atoms with Gasteiger partial charge in [0.25, 0.3) is 5.91 Å². The summed E-state index contributed by atoms with van der Waals surface area (Å²) in [6.07, 6.45) is 5.57. The fourth-order valence-corrected chi connectivity index (χ4v) is 3.23. The van der Waals surface area contributed by atoms with Crippen LogP contribution in [-0.2, 0) is 0 Å². The second-order valence-electron chi connectivity index (χ2n) is 6.48. The van der Waals surface area contributed by atoms with Gasteiger partial charge in [-0.25, -0.2) is 9.50 Å². The Bertz CT molecular complexity index is 948. The van der Waals surface area contributed by atoms with Crippen molar-refractivity contribution in [3.8, 4) is 5.75 Å². The number of benzene rings is 1. The zero-order chi connectivity index (χ0) is 18.6. The van der Waals surface area contributed by atoms with E-state index in [-0.39, 0.29) is 5.91 Å². The van der Waals surface area contributed by atoms with Gasteiger partial charge in [-0.2, -0.15) is 5.10 Å². The van der Waals surface area contributed by atoms with Crippen LogP contribution in [0, 0.1) is 0 Å². The first-order chi connectivity index (χ1) is 13.2. The lowest BCUT2D eigenvalue weighted by Crippen LogP contribution is -2.38. The minimum atomic E-state index is -0.279. The van der Waals surface area contributed by atoms with Crippen LogP contribution in [0.4, 0.5) is 11.5 Å². The third-order valence-electron chi connectivity index (χ3n) is 4.62. The van der Waals surface area contributed by atoms with Gasteiger partial charge in [0, 0.05) is 18.8 Å². The number of amides is 1. The second kappa shape index (κ2) is 7.63. The fourth-order valence-electron chi connectivity index (χ4n) is 3.23. The van der Waals surface area contributed by atoms with Crippen molar-refractivity contribution in [2.75, 3.05) is 30.8 Å². The summed E-state index contributed by atoms with van der Waals surface area (Å²) >= 11 is 0. The molecule has 0 bridgehead atoms. The Hall–Kier alpha value is -3.13. The first-order valence-electron chi connectivity index (χ1n) is 9.00. The van der Waals surface area contributed by atoms with Gasteiger partial charge in [0.1, 0.15) is 17.1 Å². The van der Waals surface area contributed by atoms with Crippen LogP contribution in [0.15, 0.2) is 42.7 Å². The molecule has 8 heteroatoms. The average molecular weight is 366 g/mol. The van der Waals surface area contributed by atoms with Crippen molar-refractivity contribution in [2.45, 2.75) is 18.9 Å². The number of ether oxygens (including phenoxy) is 1. The Morgan fingerprint density at radius 3 is 3.04 bits per heavy atom. The van der Waals surface area contributed by atoms with Crippen LogP contribution < -0.4 is 20.7 Å². The summed E-state index contributed by atoms with van der Waals surface area (Å²) in [5, 5.41) is 13.9. The molecular formula is C19H22N6O2. The summed E-state index contributed by atoms with van der Waals surface area (Å²) in [5.41, 5.74) is 1.52. The number of hydrogen-bond donors (Lipinski definition) is 3. The maximum Gasteiger partial charge on any atom is 0.261 e. The Kier molecular flexibility index (Phi) is 4.88. The van der Waals surface area contributed by atoms with Crippen LogP contribution in [0.3, 0.4) is 0 Å². The number of carbonyl (C=O) groups is 1. The number of anilines is 2. The van der Waals surface area contributed by atoms with E-state index < -0.39 is 0 Å². The van der Waals surface area contributed by atoms with Crippen molar-refractivity contribution in [3.63, 3.8) is 0 Å². The van der Waals surface area contributed by atoms with E-state index in [4.69, 9.17) is 4.74 Å². The predicted molar refractivity (Wildman–Crippen MR) is 103 cm³/mol. The zero-order valence-electron chi connectivity index (χ0n) is 15.1. The second-order valence-corrected chi connectivity index (χ2v) is 6.48. The first-order valence-corrected chi connectivity index (χ1v) is 9.00. The van der Waals surface area contributed by atoms with E-state index in [2.05, 4.69) is 26.0 Å². The summed E-state index contributed by atoms with van der Waals surface area (Å²) in [6, 6.07) is 9.48. The monoisotopic (exact) mass is 366 g/mol. The van der Waals surface area contributed by atoms with Crippen molar-refractivity contribution in [3.05, 3.63) is 48.3 Å². The van der Waals surface area contributed by atoms with Gasteiger partial charge in [0.15, 0.2) is 5.65 Å².